The van der Waals surface area contributed by atoms with E-state index in [2.05, 4.69) is 56.5 Å². The Morgan fingerprint density at radius 3 is 1.87 bits per heavy atom. The monoisotopic (exact) mass is 410 g/mol. The first kappa shape index (κ1) is 23.6. The van der Waals surface area contributed by atoms with Crippen molar-refractivity contribution < 1.29 is 14.5 Å². The first-order valence-corrected chi connectivity index (χ1v) is 10.7. The van der Waals surface area contributed by atoms with Gasteiger partial charge in [0.25, 0.3) is 11.8 Å². The topological polar surface area (TPSA) is 62.6 Å². The first-order valence-electron chi connectivity index (χ1n) is 10.7. The van der Waals surface area contributed by atoms with Crippen LogP contribution >= 0.6 is 0 Å². The van der Waals surface area contributed by atoms with Crippen LogP contribution in [-0.2, 0) is 9.59 Å². The van der Waals surface area contributed by atoms with E-state index in [0.29, 0.717) is 11.8 Å². The summed E-state index contributed by atoms with van der Waals surface area (Å²) >= 11 is 0. The molecule has 0 spiro atoms. The van der Waals surface area contributed by atoms with Crippen LogP contribution in [0.3, 0.4) is 0 Å². The number of hydrogen-bond acceptors (Lipinski definition) is 2. The van der Waals surface area contributed by atoms with Crippen LogP contribution < -0.4 is 15.5 Å². The minimum absolute atomic E-state index is 0.0814. The molecule has 2 amide bonds. The third kappa shape index (κ3) is 6.17. The van der Waals surface area contributed by atoms with Gasteiger partial charge in [-0.05, 0) is 54.0 Å². The SMILES string of the molecule is Cc1cccc(NC(=O)C[NH+](C)CC(=O)Nc2c(C(C)C)cccc2C(C)C)c1C. The highest BCUT2D eigenvalue weighted by Gasteiger charge is 2.19. The number of anilines is 2. The summed E-state index contributed by atoms with van der Waals surface area (Å²) in [6, 6.07) is 12.0. The number of quaternary nitrogens is 1. The van der Waals surface area contributed by atoms with E-state index in [-0.39, 0.29) is 24.9 Å². The molecule has 2 aromatic rings. The number of hydrogen-bond donors (Lipinski definition) is 3. The second-order valence-electron chi connectivity index (χ2n) is 8.78. The molecular formula is C25H36N3O2+. The van der Waals surface area contributed by atoms with E-state index in [1.807, 2.05) is 39.1 Å². The molecule has 0 aromatic heterocycles. The molecule has 3 N–H and O–H groups in total. The van der Waals surface area contributed by atoms with Crippen LogP contribution in [0.5, 0.6) is 0 Å². The Kier molecular flexibility index (Phi) is 8.18. The van der Waals surface area contributed by atoms with Crippen molar-refractivity contribution in [1.29, 1.82) is 0 Å². The summed E-state index contributed by atoms with van der Waals surface area (Å²) in [4.78, 5) is 26.0. The number of para-hydroxylation sites is 1. The van der Waals surface area contributed by atoms with Gasteiger partial charge >= 0.3 is 0 Å². The molecule has 0 bridgehead atoms. The number of nitrogens with one attached hydrogen (secondary N) is 3. The zero-order valence-electron chi connectivity index (χ0n) is 19.3. The molecule has 0 saturated heterocycles. The van der Waals surface area contributed by atoms with Gasteiger partial charge in [-0.2, -0.15) is 0 Å². The number of benzene rings is 2. The third-order valence-corrected chi connectivity index (χ3v) is 5.44. The van der Waals surface area contributed by atoms with Crippen LogP contribution in [0, 0.1) is 13.8 Å². The van der Waals surface area contributed by atoms with Crippen LogP contribution in [0.2, 0.25) is 0 Å². The Labute approximate surface area is 180 Å². The Hall–Kier alpha value is -2.66. The maximum absolute atomic E-state index is 12.7. The summed E-state index contributed by atoms with van der Waals surface area (Å²) in [5, 5.41) is 6.08. The molecule has 5 nitrogen and oxygen atoms in total. The maximum atomic E-state index is 12.7. The van der Waals surface area contributed by atoms with Gasteiger partial charge in [-0.1, -0.05) is 58.0 Å². The molecule has 0 aliphatic rings. The zero-order valence-corrected chi connectivity index (χ0v) is 19.3. The van der Waals surface area contributed by atoms with Crippen molar-refractivity contribution in [3.05, 3.63) is 58.7 Å². The molecule has 0 heterocycles. The fourth-order valence-electron chi connectivity index (χ4n) is 3.57. The van der Waals surface area contributed by atoms with Gasteiger partial charge in [0.2, 0.25) is 0 Å². The average Bonchev–Trinajstić information content (AvgIpc) is 2.64. The minimum atomic E-state index is -0.0977. The summed E-state index contributed by atoms with van der Waals surface area (Å²) in [5.74, 6) is 0.446. The van der Waals surface area contributed by atoms with E-state index in [1.54, 1.807) is 0 Å². The molecule has 30 heavy (non-hydrogen) atoms. The number of aryl methyl sites for hydroxylation is 1. The van der Waals surface area contributed by atoms with Gasteiger partial charge in [-0.25, -0.2) is 0 Å². The quantitative estimate of drug-likeness (QED) is 0.622. The van der Waals surface area contributed by atoms with Crippen LogP contribution in [0.15, 0.2) is 36.4 Å². The number of carbonyl (C=O) groups is 2. The van der Waals surface area contributed by atoms with Gasteiger partial charge in [0.1, 0.15) is 0 Å². The van der Waals surface area contributed by atoms with E-state index in [1.165, 1.54) is 0 Å². The summed E-state index contributed by atoms with van der Waals surface area (Å²) < 4.78 is 0. The lowest BCUT2D eigenvalue weighted by molar-refractivity contribution is -0.862. The minimum Gasteiger partial charge on any atom is -0.322 e. The number of carbonyl (C=O) groups excluding carboxylic acids is 2. The molecule has 162 valence electrons. The fraction of sp³-hybridized carbons (Fsp3) is 0.440. The van der Waals surface area contributed by atoms with Crippen LogP contribution in [-0.4, -0.2) is 32.0 Å². The van der Waals surface area contributed by atoms with Gasteiger partial charge in [0.05, 0.1) is 7.05 Å². The smallest absolute Gasteiger partial charge is 0.279 e. The second kappa shape index (κ2) is 10.4. The molecule has 0 radical (unpaired) electrons. The average molecular weight is 411 g/mol. The van der Waals surface area contributed by atoms with Crippen molar-refractivity contribution in [3.8, 4) is 0 Å². The standard InChI is InChI=1S/C25H35N3O2/c1-16(2)20-11-9-12-21(17(3)4)25(20)27-24(30)15-28(7)14-23(29)26-22-13-8-10-18(5)19(22)6/h8-13,16-17H,14-15H2,1-7H3,(H,26,29)(H,27,30)/p+1. The lowest BCUT2D eigenvalue weighted by Crippen LogP contribution is -3.11. The molecular weight excluding hydrogens is 374 g/mol. The predicted molar refractivity (Wildman–Crippen MR) is 124 cm³/mol. The van der Waals surface area contributed by atoms with E-state index in [9.17, 15) is 9.59 Å². The van der Waals surface area contributed by atoms with Gasteiger partial charge in [0, 0.05) is 11.4 Å². The van der Waals surface area contributed by atoms with Gasteiger partial charge < -0.3 is 15.5 Å². The number of rotatable bonds is 8. The lowest BCUT2D eigenvalue weighted by atomic mass is 9.92. The normalized spacial score (nSPS) is 12.2. The lowest BCUT2D eigenvalue weighted by Gasteiger charge is -2.21. The van der Waals surface area contributed by atoms with Gasteiger partial charge in [-0.3, -0.25) is 9.59 Å². The Morgan fingerprint density at radius 1 is 0.833 bits per heavy atom. The Morgan fingerprint density at radius 2 is 1.33 bits per heavy atom. The summed E-state index contributed by atoms with van der Waals surface area (Å²) in [6.45, 7) is 13.0. The van der Waals surface area contributed by atoms with E-state index >= 15 is 0 Å². The van der Waals surface area contributed by atoms with Crippen molar-refractivity contribution >= 4 is 23.2 Å². The maximum Gasteiger partial charge on any atom is 0.279 e. The summed E-state index contributed by atoms with van der Waals surface area (Å²) in [7, 11) is 1.86. The van der Waals surface area contributed by atoms with Crippen LogP contribution in [0.25, 0.3) is 0 Å². The Bertz CT molecular complexity index is 877. The highest BCUT2D eigenvalue weighted by atomic mass is 16.2. The molecule has 0 aliphatic heterocycles. The van der Waals surface area contributed by atoms with Crippen molar-refractivity contribution in [3.63, 3.8) is 0 Å². The van der Waals surface area contributed by atoms with Crippen molar-refractivity contribution in [2.45, 2.75) is 53.4 Å². The summed E-state index contributed by atoms with van der Waals surface area (Å²) in [6.07, 6.45) is 0. The molecule has 2 aromatic carbocycles. The number of likely N-dealkylation sites (N-methyl/N-ethyl adjacent to an activating group) is 1. The molecule has 1 unspecified atom stereocenters. The van der Waals surface area contributed by atoms with Crippen LogP contribution in [0.4, 0.5) is 11.4 Å². The van der Waals surface area contributed by atoms with Crippen molar-refractivity contribution in [2.24, 2.45) is 0 Å². The van der Waals surface area contributed by atoms with Crippen LogP contribution in [0.1, 0.15) is 61.8 Å². The van der Waals surface area contributed by atoms with Crippen molar-refractivity contribution in [2.75, 3.05) is 30.8 Å². The Balaban J connectivity index is 2.01. The molecule has 0 aliphatic carbocycles. The van der Waals surface area contributed by atoms with E-state index < -0.39 is 0 Å². The van der Waals surface area contributed by atoms with E-state index in [0.717, 1.165) is 38.5 Å². The van der Waals surface area contributed by atoms with Crippen molar-refractivity contribution in [1.82, 2.24) is 0 Å². The molecule has 0 saturated carbocycles. The third-order valence-electron chi connectivity index (χ3n) is 5.44. The largest absolute Gasteiger partial charge is 0.322 e. The predicted octanol–water partition coefficient (Wildman–Crippen LogP) is 3.64. The molecule has 0 fully saturated rings. The second-order valence-corrected chi connectivity index (χ2v) is 8.78. The zero-order chi connectivity index (χ0) is 22.4. The number of amides is 2. The molecule has 5 heteroatoms. The fourth-order valence-corrected chi connectivity index (χ4v) is 3.57. The molecule has 2 rings (SSSR count). The highest BCUT2D eigenvalue weighted by molar-refractivity contribution is 5.94. The first-order chi connectivity index (χ1) is 14.1. The summed E-state index contributed by atoms with van der Waals surface area (Å²) in [5.41, 5.74) is 6.22. The van der Waals surface area contributed by atoms with Gasteiger partial charge in [-0.15, -0.1) is 0 Å². The van der Waals surface area contributed by atoms with Gasteiger partial charge in [0.15, 0.2) is 13.1 Å². The van der Waals surface area contributed by atoms with E-state index in [4.69, 9.17) is 0 Å². The molecule has 1 atom stereocenters. The highest BCUT2D eigenvalue weighted by Crippen LogP contribution is 2.32.